The first-order valence-corrected chi connectivity index (χ1v) is 11.8. The van der Waals surface area contributed by atoms with E-state index in [-0.39, 0.29) is 0 Å². The molecule has 0 atom stereocenters. The van der Waals surface area contributed by atoms with E-state index in [4.69, 9.17) is 5.11 Å². The minimum Gasteiger partial charge on any atom is -0.481 e. The van der Waals surface area contributed by atoms with Crippen LogP contribution >= 0.6 is 0 Å². The Bertz CT molecular complexity index is 357. The lowest BCUT2D eigenvalue weighted by Crippen LogP contribution is -1.93. The topological polar surface area (TPSA) is 37.3 Å². The standard InChI is InChI=1S/C25H46O2/c1-2-3-4-5-6-7-8-9-10-11-12-13-14-15-16-17-18-19-20-21-22-23-24-25(26)27/h5-6,8-9H,2-4,7,10-24H2,1H3,(H,26,27). The third kappa shape index (κ3) is 24.9. The van der Waals surface area contributed by atoms with Gasteiger partial charge in [0.25, 0.3) is 0 Å². The van der Waals surface area contributed by atoms with Gasteiger partial charge in [0.05, 0.1) is 0 Å². The number of unbranched alkanes of at least 4 members (excludes halogenated alkanes) is 15. The van der Waals surface area contributed by atoms with Gasteiger partial charge < -0.3 is 5.11 Å². The fraction of sp³-hybridized carbons (Fsp3) is 0.800. The van der Waals surface area contributed by atoms with Gasteiger partial charge in [0.2, 0.25) is 0 Å². The van der Waals surface area contributed by atoms with Crippen molar-refractivity contribution in [3.8, 4) is 0 Å². The molecular weight excluding hydrogens is 332 g/mol. The van der Waals surface area contributed by atoms with Gasteiger partial charge in [-0.3, -0.25) is 4.79 Å². The smallest absolute Gasteiger partial charge is 0.303 e. The number of carboxylic acids is 1. The Morgan fingerprint density at radius 3 is 1.44 bits per heavy atom. The molecule has 0 aliphatic rings. The van der Waals surface area contributed by atoms with E-state index in [0.717, 1.165) is 19.3 Å². The molecule has 0 unspecified atom stereocenters. The number of hydrogen-bond acceptors (Lipinski definition) is 1. The van der Waals surface area contributed by atoms with Crippen molar-refractivity contribution in [1.29, 1.82) is 0 Å². The Kier molecular flexibility index (Phi) is 22.1. The minimum atomic E-state index is -0.656. The van der Waals surface area contributed by atoms with Crippen molar-refractivity contribution in [3.05, 3.63) is 24.3 Å². The molecule has 0 bridgehead atoms. The van der Waals surface area contributed by atoms with E-state index in [1.807, 2.05) is 0 Å². The molecule has 0 saturated carbocycles. The van der Waals surface area contributed by atoms with Gasteiger partial charge >= 0.3 is 5.97 Å². The highest BCUT2D eigenvalue weighted by atomic mass is 16.4. The predicted octanol–water partition coefficient (Wildman–Crippen LogP) is 8.62. The normalized spacial score (nSPS) is 11.7. The zero-order valence-corrected chi connectivity index (χ0v) is 18.1. The zero-order valence-electron chi connectivity index (χ0n) is 18.1. The van der Waals surface area contributed by atoms with Gasteiger partial charge in [-0.15, -0.1) is 0 Å². The highest BCUT2D eigenvalue weighted by Gasteiger charge is 1.97. The van der Waals surface area contributed by atoms with Gasteiger partial charge in [-0.1, -0.05) is 115 Å². The summed E-state index contributed by atoms with van der Waals surface area (Å²) in [5.74, 6) is -0.656. The van der Waals surface area contributed by atoms with Gasteiger partial charge in [-0.05, 0) is 32.1 Å². The molecule has 0 fully saturated rings. The maximum atomic E-state index is 10.4. The monoisotopic (exact) mass is 378 g/mol. The van der Waals surface area contributed by atoms with Gasteiger partial charge in [0.1, 0.15) is 0 Å². The van der Waals surface area contributed by atoms with Crippen LogP contribution in [0.5, 0.6) is 0 Å². The molecule has 0 aliphatic carbocycles. The quantitative estimate of drug-likeness (QED) is 0.160. The Morgan fingerprint density at radius 1 is 0.593 bits per heavy atom. The Hall–Kier alpha value is -1.05. The summed E-state index contributed by atoms with van der Waals surface area (Å²) in [6.07, 6.45) is 32.6. The summed E-state index contributed by atoms with van der Waals surface area (Å²) in [7, 11) is 0. The molecule has 0 amide bonds. The lowest BCUT2D eigenvalue weighted by Gasteiger charge is -2.03. The highest BCUT2D eigenvalue weighted by Crippen LogP contribution is 2.13. The van der Waals surface area contributed by atoms with Crippen molar-refractivity contribution in [2.45, 2.75) is 129 Å². The number of carboxylic acid groups (broad SMARTS) is 1. The van der Waals surface area contributed by atoms with E-state index in [0.29, 0.717) is 6.42 Å². The Morgan fingerprint density at radius 2 is 1.00 bits per heavy atom. The van der Waals surface area contributed by atoms with Gasteiger partial charge in [0.15, 0.2) is 0 Å². The molecule has 0 heterocycles. The summed E-state index contributed by atoms with van der Waals surface area (Å²) < 4.78 is 0. The molecule has 0 aromatic carbocycles. The number of allylic oxidation sites excluding steroid dienone is 4. The van der Waals surface area contributed by atoms with Crippen LogP contribution in [-0.2, 0) is 4.79 Å². The van der Waals surface area contributed by atoms with Crippen LogP contribution in [0.3, 0.4) is 0 Å². The summed E-state index contributed by atoms with van der Waals surface area (Å²) in [5, 5.41) is 8.57. The maximum absolute atomic E-state index is 10.4. The Labute approximate surface area is 169 Å². The lowest BCUT2D eigenvalue weighted by molar-refractivity contribution is -0.137. The third-order valence-electron chi connectivity index (χ3n) is 5.09. The Balaban J connectivity index is 3.10. The molecular formula is C25H46O2. The molecule has 0 aromatic heterocycles. The minimum absolute atomic E-state index is 0.340. The second-order valence-corrected chi connectivity index (χ2v) is 7.85. The molecule has 2 heteroatoms. The second kappa shape index (κ2) is 23.0. The summed E-state index contributed by atoms with van der Waals surface area (Å²) in [6, 6.07) is 0. The van der Waals surface area contributed by atoms with Crippen molar-refractivity contribution < 1.29 is 9.90 Å². The van der Waals surface area contributed by atoms with Crippen molar-refractivity contribution in [2.75, 3.05) is 0 Å². The molecule has 0 saturated heterocycles. The first-order chi connectivity index (χ1) is 13.3. The van der Waals surface area contributed by atoms with Crippen molar-refractivity contribution >= 4 is 5.97 Å². The summed E-state index contributed by atoms with van der Waals surface area (Å²) >= 11 is 0. The van der Waals surface area contributed by atoms with Crippen molar-refractivity contribution in [1.82, 2.24) is 0 Å². The average Bonchev–Trinajstić information content (AvgIpc) is 2.65. The van der Waals surface area contributed by atoms with Crippen LogP contribution in [0.2, 0.25) is 0 Å². The van der Waals surface area contributed by atoms with Crippen LogP contribution < -0.4 is 0 Å². The number of carbonyl (C=O) groups is 1. The maximum Gasteiger partial charge on any atom is 0.303 e. The summed E-state index contributed by atoms with van der Waals surface area (Å²) in [4.78, 5) is 10.4. The molecule has 0 radical (unpaired) electrons. The second-order valence-electron chi connectivity index (χ2n) is 7.85. The van der Waals surface area contributed by atoms with Crippen LogP contribution in [0, 0.1) is 0 Å². The van der Waals surface area contributed by atoms with E-state index in [9.17, 15) is 4.79 Å². The summed E-state index contributed by atoms with van der Waals surface area (Å²) in [5.41, 5.74) is 0. The average molecular weight is 379 g/mol. The number of hydrogen-bond donors (Lipinski definition) is 1. The molecule has 0 rings (SSSR count). The van der Waals surface area contributed by atoms with Crippen LogP contribution in [-0.4, -0.2) is 11.1 Å². The van der Waals surface area contributed by atoms with Crippen LogP contribution in [0.1, 0.15) is 129 Å². The fourth-order valence-corrected chi connectivity index (χ4v) is 3.31. The van der Waals surface area contributed by atoms with Crippen molar-refractivity contribution in [3.63, 3.8) is 0 Å². The van der Waals surface area contributed by atoms with E-state index in [2.05, 4.69) is 31.2 Å². The first-order valence-electron chi connectivity index (χ1n) is 11.8. The van der Waals surface area contributed by atoms with Crippen LogP contribution in [0.4, 0.5) is 0 Å². The first kappa shape index (κ1) is 26.0. The largest absolute Gasteiger partial charge is 0.481 e. The molecule has 0 spiro atoms. The van der Waals surface area contributed by atoms with E-state index >= 15 is 0 Å². The van der Waals surface area contributed by atoms with Gasteiger partial charge in [0, 0.05) is 6.42 Å². The molecule has 1 N–H and O–H groups in total. The predicted molar refractivity (Wildman–Crippen MR) is 119 cm³/mol. The van der Waals surface area contributed by atoms with E-state index in [1.165, 1.54) is 96.3 Å². The lowest BCUT2D eigenvalue weighted by atomic mass is 10.0. The van der Waals surface area contributed by atoms with E-state index in [1.54, 1.807) is 0 Å². The molecule has 0 aliphatic heterocycles. The molecule has 2 nitrogen and oxygen atoms in total. The van der Waals surface area contributed by atoms with Gasteiger partial charge in [-0.25, -0.2) is 0 Å². The molecule has 158 valence electrons. The summed E-state index contributed by atoms with van der Waals surface area (Å²) in [6.45, 7) is 2.24. The van der Waals surface area contributed by atoms with Crippen LogP contribution in [0.25, 0.3) is 0 Å². The number of aliphatic carboxylic acids is 1. The highest BCUT2D eigenvalue weighted by molar-refractivity contribution is 5.66. The van der Waals surface area contributed by atoms with Crippen molar-refractivity contribution in [2.24, 2.45) is 0 Å². The fourth-order valence-electron chi connectivity index (χ4n) is 3.31. The molecule has 0 aromatic rings. The zero-order chi connectivity index (χ0) is 19.8. The SMILES string of the molecule is CCCCC=CCC=CCCCCCCCCCCCCCCCC(=O)O. The number of rotatable bonds is 21. The van der Waals surface area contributed by atoms with Crippen LogP contribution in [0.15, 0.2) is 24.3 Å². The molecule has 27 heavy (non-hydrogen) atoms. The third-order valence-corrected chi connectivity index (χ3v) is 5.09. The van der Waals surface area contributed by atoms with Gasteiger partial charge in [-0.2, -0.15) is 0 Å². The van der Waals surface area contributed by atoms with E-state index < -0.39 is 5.97 Å².